The molecule has 3 heterocycles. The highest BCUT2D eigenvalue weighted by atomic mass is 35.5. The smallest absolute Gasteiger partial charge is 0.250 e. The second-order valence-electron chi connectivity index (χ2n) is 6.75. The molecule has 1 aliphatic heterocycles. The monoisotopic (exact) mass is 404 g/mol. The van der Waals surface area contributed by atoms with Crippen molar-refractivity contribution in [1.82, 2.24) is 14.8 Å². The fourth-order valence-electron chi connectivity index (χ4n) is 3.30. The van der Waals surface area contributed by atoms with Crippen LogP contribution < -0.4 is 4.90 Å². The summed E-state index contributed by atoms with van der Waals surface area (Å²) in [6.07, 6.45) is 2.03. The average molecular weight is 405 g/mol. The van der Waals surface area contributed by atoms with Gasteiger partial charge in [-0.3, -0.25) is 14.4 Å². The number of nitrogens with zero attached hydrogens (tertiary/aromatic N) is 4. The number of anilines is 1. The summed E-state index contributed by atoms with van der Waals surface area (Å²) < 4.78 is 8.49. The predicted octanol–water partition coefficient (Wildman–Crippen LogP) is 3.98. The van der Waals surface area contributed by atoms with Gasteiger partial charge in [-0.15, -0.1) is 0 Å². The van der Waals surface area contributed by atoms with E-state index in [4.69, 9.17) is 16.3 Å². The molecule has 142 valence electrons. The van der Waals surface area contributed by atoms with Gasteiger partial charge >= 0.3 is 0 Å². The lowest BCUT2D eigenvalue weighted by Crippen LogP contribution is -2.39. The van der Waals surface area contributed by atoms with Crippen LogP contribution in [-0.4, -0.2) is 39.9 Å². The molecule has 0 N–H and O–H groups in total. The van der Waals surface area contributed by atoms with Crippen LogP contribution in [-0.2, 0) is 16.1 Å². The number of hydrogen-bond acceptors (Lipinski definition) is 5. The highest BCUT2D eigenvalue weighted by Crippen LogP contribution is 2.30. The van der Waals surface area contributed by atoms with Crippen molar-refractivity contribution in [3.05, 3.63) is 40.7 Å². The van der Waals surface area contributed by atoms with Crippen LogP contribution in [0.3, 0.4) is 0 Å². The largest absolute Gasteiger partial charge is 0.376 e. The van der Waals surface area contributed by atoms with E-state index in [1.807, 2.05) is 38.1 Å². The summed E-state index contributed by atoms with van der Waals surface area (Å²) >= 11 is 7.75. The molecule has 0 bridgehead atoms. The number of benzene rings is 1. The Morgan fingerprint density at radius 3 is 2.89 bits per heavy atom. The Morgan fingerprint density at radius 2 is 2.22 bits per heavy atom. The first kappa shape index (κ1) is 18.4. The summed E-state index contributed by atoms with van der Waals surface area (Å²) in [5.74, 6) is -0.0631. The minimum atomic E-state index is -0.0631. The Labute approximate surface area is 166 Å². The molecule has 1 amide bonds. The molecule has 0 aliphatic carbocycles. The van der Waals surface area contributed by atoms with Gasteiger partial charge in [0.15, 0.2) is 5.13 Å². The Hall–Kier alpha value is -1.96. The Morgan fingerprint density at radius 1 is 1.41 bits per heavy atom. The normalized spacial score (nSPS) is 16.9. The second-order valence-corrected chi connectivity index (χ2v) is 8.13. The minimum absolute atomic E-state index is 0.0463. The van der Waals surface area contributed by atoms with Gasteiger partial charge in [-0.1, -0.05) is 35.1 Å². The third kappa shape index (κ3) is 3.72. The molecule has 0 saturated carbocycles. The number of para-hydroxylation sites is 1. The van der Waals surface area contributed by atoms with E-state index in [1.165, 1.54) is 11.3 Å². The third-order valence-corrected chi connectivity index (χ3v) is 6.41. The van der Waals surface area contributed by atoms with Gasteiger partial charge in [0.05, 0.1) is 39.3 Å². The molecule has 1 atom stereocenters. The lowest BCUT2D eigenvalue weighted by atomic mass is 10.2. The fourth-order valence-corrected chi connectivity index (χ4v) is 4.42. The number of hydrogen-bond donors (Lipinski definition) is 0. The SMILES string of the molecule is Cc1nn(CC(=O)N(CC2CCCO2)c2nc3ccccc3s2)c(C)c1Cl. The van der Waals surface area contributed by atoms with Crippen LogP contribution in [0.5, 0.6) is 0 Å². The standard InChI is InChI=1S/C19H21ClN4O2S/c1-12-18(20)13(2)24(22-12)11-17(25)23(10-14-6-5-9-26-14)19-21-15-7-3-4-8-16(15)27-19/h3-4,7-8,14H,5-6,9-11H2,1-2H3. The van der Waals surface area contributed by atoms with E-state index in [0.717, 1.165) is 41.1 Å². The third-order valence-electron chi connectivity index (χ3n) is 4.80. The van der Waals surface area contributed by atoms with Crippen LogP contribution in [0.1, 0.15) is 24.2 Å². The van der Waals surface area contributed by atoms with E-state index in [2.05, 4.69) is 10.1 Å². The highest BCUT2D eigenvalue weighted by molar-refractivity contribution is 7.22. The first-order valence-corrected chi connectivity index (χ1v) is 10.2. The van der Waals surface area contributed by atoms with Crippen LogP contribution in [0.25, 0.3) is 10.2 Å². The first-order chi connectivity index (χ1) is 13.0. The summed E-state index contributed by atoms with van der Waals surface area (Å²) in [6, 6.07) is 7.92. The molecule has 27 heavy (non-hydrogen) atoms. The average Bonchev–Trinajstić information content (AvgIpc) is 3.37. The molecule has 1 fully saturated rings. The van der Waals surface area contributed by atoms with Gasteiger partial charge < -0.3 is 4.74 Å². The molecule has 1 aromatic carbocycles. The van der Waals surface area contributed by atoms with E-state index >= 15 is 0 Å². The Kier molecular flexibility index (Phi) is 5.16. The molecule has 4 rings (SSSR count). The summed E-state index contributed by atoms with van der Waals surface area (Å²) in [5.41, 5.74) is 2.42. The number of aryl methyl sites for hydroxylation is 1. The van der Waals surface area contributed by atoms with Crippen molar-refractivity contribution in [2.45, 2.75) is 39.3 Å². The molecular weight excluding hydrogens is 384 g/mol. The Bertz CT molecular complexity index is 944. The summed E-state index contributed by atoms with van der Waals surface area (Å²) in [5, 5.41) is 5.69. The van der Waals surface area contributed by atoms with Gasteiger partial charge in [-0.05, 0) is 38.8 Å². The molecule has 2 aromatic heterocycles. The van der Waals surface area contributed by atoms with E-state index in [1.54, 1.807) is 9.58 Å². The van der Waals surface area contributed by atoms with Gasteiger partial charge in [0.1, 0.15) is 6.54 Å². The van der Waals surface area contributed by atoms with Gasteiger partial charge in [0, 0.05) is 6.61 Å². The fraction of sp³-hybridized carbons (Fsp3) is 0.421. The van der Waals surface area contributed by atoms with Gasteiger partial charge in [0.2, 0.25) is 0 Å². The molecule has 0 radical (unpaired) electrons. The molecule has 0 spiro atoms. The highest BCUT2D eigenvalue weighted by Gasteiger charge is 2.27. The van der Waals surface area contributed by atoms with Gasteiger partial charge in [-0.25, -0.2) is 4.98 Å². The van der Waals surface area contributed by atoms with Crippen molar-refractivity contribution >= 4 is 44.2 Å². The Balaban J connectivity index is 1.63. The van der Waals surface area contributed by atoms with E-state index < -0.39 is 0 Å². The summed E-state index contributed by atoms with van der Waals surface area (Å²) in [6.45, 7) is 5.10. The van der Waals surface area contributed by atoms with Crippen LogP contribution in [0.15, 0.2) is 24.3 Å². The number of carbonyl (C=O) groups is 1. The molecule has 1 aliphatic rings. The lowest BCUT2D eigenvalue weighted by molar-refractivity contribution is -0.119. The van der Waals surface area contributed by atoms with Gasteiger partial charge in [0.25, 0.3) is 5.91 Å². The number of halogens is 1. The zero-order valence-electron chi connectivity index (χ0n) is 15.3. The van der Waals surface area contributed by atoms with Crippen molar-refractivity contribution in [2.75, 3.05) is 18.1 Å². The topological polar surface area (TPSA) is 60.2 Å². The predicted molar refractivity (Wildman–Crippen MR) is 108 cm³/mol. The molecule has 8 heteroatoms. The van der Waals surface area contributed by atoms with Crippen molar-refractivity contribution in [1.29, 1.82) is 0 Å². The molecule has 1 saturated heterocycles. The molecular formula is C19H21ClN4O2S. The van der Waals surface area contributed by atoms with Crippen molar-refractivity contribution < 1.29 is 9.53 Å². The zero-order valence-corrected chi connectivity index (χ0v) is 16.9. The van der Waals surface area contributed by atoms with Crippen LogP contribution in [0, 0.1) is 13.8 Å². The number of ether oxygens (including phenoxy) is 1. The number of aromatic nitrogens is 3. The van der Waals surface area contributed by atoms with Crippen molar-refractivity contribution in [3.63, 3.8) is 0 Å². The maximum atomic E-state index is 13.2. The first-order valence-electron chi connectivity index (χ1n) is 9.00. The maximum absolute atomic E-state index is 13.2. The molecule has 3 aromatic rings. The maximum Gasteiger partial charge on any atom is 0.250 e. The van der Waals surface area contributed by atoms with Crippen LogP contribution >= 0.6 is 22.9 Å². The number of amides is 1. The molecule has 1 unspecified atom stereocenters. The van der Waals surface area contributed by atoms with Gasteiger partial charge in [-0.2, -0.15) is 5.10 Å². The zero-order chi connectivity index (χ0) is 19.0. The second kappa shape index (κ2) is 7.58. The van der Waals surface area contributed by atoms with E-state index in [-0.39, 0.29) is 18.6 Å². The lowest BCUT2D eigenvalue weighted by Gasteiger charge is -2.23. The molecule has 6 nitrogen and oxygen atoms in total. The quantitative estimate of drug-likeness (QED) is 0.645. The number of thiazole rings is 1. The van der Waals surface area contributed by atoms with Crippen LogP contribution in [0.4, 0.5) is 5.13 Å². The summed E-state index contributed by atoms with van der Waals surface area (Å²) in [7, 11) is 0. The number of rotatable bonds is 5. The number of fused-ring (bicyclic) bond motifs is 1. The van der Waals surface area contributed by atoms with E-state index in [0.29, 0.717) is 16.7 Å². The van der Waals surface area contributed by atoms with Crippen molar-refractivity contribution in [2.24, 2.45) is 0 Å². The van der Waals surface area contributed by atoms with Crippen LogP contribution in [0.2, 0.25) is 5.02 Å². The minimum Gasteiger partial charge on any atom is -0.376 e. The van der Waals surface area contributed by atoms with E-state index in [9.17, 15) is 4.79 Å². The number of carbonyl (C=O) groups excluding carboxylic acids is 1. The van der Waals surface area contributed by atoms with Crippen molar-refractivity contribution in [3.8, 4) is 0 Å². The summed E-state index contributed by atoms with van der Waals surface area (Å²) in [4.78, 5) is 19.6.